The first-order valence-electron chi connectivity index (χ1n) is 9.54. The molecule has 2 saturated heterocycles. The Kier molecular flexibility index (Phi) is 4.86. The third kappa shape index (κ3) is 3.50. The number of rotatable bonds is 3. The van der Waals surface area contributed by atoms with Crippen molar-refractivity contribution in [2.75, 3.05) is 39.3 Å². The molecule has 24 heavy (non-hydrogen) atoms. The predicted molar refractivity (Wildman–Crippen MR) is 94.4 cm³/mol. The van der Waals surface area contributed by atoms with Gasteiger partial charge in [0.25, 0.3) is 5.91 Å². The monoisotopic (exact) mass is 328 g/mol. The molecule has 0 aromatic heterocycles. The van der Waals surface area contributed by atoms with Gasteiger partial charge in [-0.3, -0.25) is 9.69 Å². The molecule has 0 N–H and O–H groups in total. The SMILES string of the molecule is O=C(c1ccc2c(c1)CCCC2)N1CCN(CC2CCCO2)CC1. The molecular weight excluding hydrogens is 300 g/mol. The fourth-order valence-electron chi connectivity index (χ4n) is 4.26. The number of hydrogen-bond donors (Lipinski definition) is 0. The first kappa shape index (κ1) is 16.1. The van der Waals surface area contributed by atoms with Crippen LogP contribution in [-0.4, -0.2) is 61.1 Å². The Balaban J connectivity index is 1.34. The van der Waals surface area contributed by atoms with E-state index in [1.807, 2.05) is 11.0 Å². The molecule has 1 aromatic rings. The molecule has 4 heteroatoms. The normalized spacial score (nSPS) is 24.8. The lowest BCUT2D eigenvalue weighted by Gasteiger charge is -2.35. The Labute approximate surface area is 144 Å². The number of carbonyl (C=O) groups is 1. The van der Waals surface area contributed by atoms with Crippen molar-refractivity contribution in [1.29, 1.82) is 0 Å². The van der Waals surface area contributed by atoms with Crippen LogP contribution in [0.4, 0.5) is 0 Å². The second-order valence-corrected chi connectivity index (χ2v) is 7.42. The van der Waals surface area contributed by atoms with E-state index in [1.54, 1.807) is 0 Å². The van der Waals surface area contributed by atoms with Crippen molar-refractivity contribution in [2.45, 2.75) is 44.6 Å². The molecule has 2 aliphatic heterocycles. The van der Waals surface area contributed by atoms with Gasteiger partial charge in [0.1, 0.15) is 0 Å². The molecule has 2 fully saturated rings. The Bertz CT molecular complexity index is 587. The van der Waals surface area contributed by atoms with Crippen LogP contribution in [0.25, 0.3) is 0 Å². The van der Waals surface area contributed by atoms with Crippen molar-refractivity contribution in [2.24, 2.45) is 0 Å². The van der Waals surface area contributed by atoms with Crippen LogP contribution in [0.5, 0.6) is 0 Å². The number of nitrogens with zero attached hydrogens (tertiary/aromatic N) is 2. The lowest BCUT2D eigenvalue weighted by molar-refractivity contribution is 0.0432. The van der Waals surface area contributed by atoms with Crippen LogP contribution in [-0.2, 0) is 17.6 Å². The number of carbonyl (C=O) groups excluding carboxylic acids is 1. The van der Waals surface area contributed by atoms with E-state index in [0.29, 0.717) is 6.10 Å². The average Bonchev–Trinajstić information content (AvgIpc) is 3.14. The number of fused-ring (bicyclic) bond motifs is 1. The van der Waals surface area contributed by atoms with Crippen molar-refractivity contribution < 1.29 is 9.53 Å². The summed E-state index contributed by atoms with van der Waals surface area (Å²) in [4.78, 5) is 17.3. The molecule has 1 atom stereocenters. The van der Waals surface area contributed by atoms with E-state index < -0.39 is 0 Å². The minimum absolute atomic E-state index is 0.208. The summed E-state index contributed by atoms with van der Waals surface area (Å²) in [5, 5.41) is 0. The highest BCUT2D eigenvalue weighted by Gasteiger charge is 2.25. The van der Waals surface area contributed by atoms with Gasteiger partial charge < -0.3 is 9.64 Å². The van der Waals surface area contributed by atoms with Gasteiger partial charge in [-0.1, -0.05) is 6.07 Å². The Morgan fingerprint density at radius 2 is 1.83 bits per heavy atom. The predicted octanol–water partition coefficient (Wildman–Crippen LogP) is 2.50. The molecule has 0 spiro atoms. The highest BCUT2D eigenvalue weighted by molar-refractivity contribution is 5.94. The maximum Gasteiger partial charge on any atom is 0.253 e. The van der Waals surface area contributed by atoms with Crippen LogP contribution in [0.1, 0.15) is 47.2 Å². The van der Waals surface area contributed by atoms with E-state index in [-0.39, 0.29) is 5.91 Å². The lowest BCUT2D eigenvalue weighted by atomic mass is 9.90. The third-order valence-corrected chi connectivity index (χ3v) is 5.74. The van der Waals surface area contributed by atoms with Gasteiger partial charge in [-0.25, -0.2) is 0 Å². The van der Waals surface area contributed by atoms with Gasteiger partial charge in [0.05, 0.1) is 6.10 Å². The Morgan fingerprint density at radius 3 is 2.58 bits per heavy atom. The molecule has 130 valence electrons. The van der Waals surface area contributed by atoms with Gasteiger partial charge in [-0.2, -0.15) is 0 Å². The standard InChI is InChI=1S/C20H28N2O2/c23-20(18-8-7-16-4-1-2-5-17(16)14-18)22-11-9-21(10-12-22)15-19-6-3-13-24-19/h7-8,14,19H,1-6,9-13,15H2. The van der Waals surface area contributed by atoms with E-state index in [9.17, 15) is 4.79 Å². The molecule has 0 radical (unpaired) electrons. The van der Waals surface area contributed by atoms with Gasteiger partial charge in [-0.05, 0) is 61.8 Å². The summed E-state index contributed by atoms with van der Waals surface area (Å²) in [6.45, 7) is 5.56. The fraction of sp³-hybridized carbons (Fsp3) is 0.650. The zero-order valence-corrected chi connectivity index (χ0v) is 14.5. The second-order valence-electron chi connectivity index (χ2n) is 7.42. The van der Waals surface area contributed by atoms with E-state index in [1.165, 1.54) is 43.2 Å². The minimum Gasteiger partial charge on any atom is -0.377 e. The highest BCUT2D eigenvalue weighted by atomic mass is 16.5. The summed E-state index contributed by atoms with van der Waals surface area (Å²) in [6, 6.07) is 6.36. The summed E-state index contributed by atoms with van der Waals surface area (Å²) < 4.78 is 5.73. The van der Waals surface area contributed by atoms with Crippen molar-refractivity contribution in [1.82, 2.24) is 9.80 Å². The number of benzene rings is 1. The average molecular weight is 328 g/mol. The molecule has 2 heterocycles. The first-order chi connectivity index (χ1) is 11.8. The summed E-state index contributed by atoms with van der Waals surface area (Å²) in [6.07, 6.45) is 7.64. The van der Waals surface area contributed by atoms with Crippen molar-refractivity contribution in [3.63, 3.8) is 0 Å². The van der Waals surface area contributed by atoms with E-state index in [4.69, 9.17) is 4.74 Å². The molecule has 0 saturated carbocycles. The Hall–Kier alpha value is -1.39. The number of aryl methyl sites for hydroxylation is 2. The van der Waals surface area contributed by atoms with Gasteiger partial charge >= 0.3 is 0 Å². The van der Waals surface area contributed by atoms with Crippen molar-refractivity contribution >= 4 is 5.91 Å². The Morgan fingerprint density at radius 1 is 1.04 bits per heavy atom. The molecule has 1 aliphatic carbocycles. The summed E-state index contributed by atoms with van der Waals surface area (Å²) >= 11 is 0. The zero-order valence-electron chi connectivity index (χ0n) is 14.5. The number of piperazine rings is 1. The molecule has 1 aromatic carbocycles. The van der Waals surface area contributed by atoms with E-state index >= 15 is 0 Å². The number of amides is 1. The zero-order chi connectivity index (χ0) is 16.4. The van der Waals surface area contributed by atoms with Gasteiger partial charge in [0.2, 0.25) is 0 Å². The van der Waals surface area contributed by atoms with Gasteiger partial charge in [0, 0.05) is 44.9 Å². The summed E-state index contributed by atoms with van der Waals surface area (Å²) in [7, 11) is 0. The minimum atomic E-state index is 0.208. The van der Waals surface area contributed by atoms with Gasteiger partial charge in [-0.15, -0.1) is 0 Å². The first-order valence-corrected chi connectivity index (χ1v) is 9.54. The smallest absolute Gasteiger partial charge is 0.253 e. The number of hydrogen-bond acceptors (Lipinski definition) is 3. The van der Waals surface area contributed by atoms with Crippen LogP contribution < -0.4 is 0 Å². The van der Waals surface area contributed by atoms with E-state index in [2.05, 4.69) is 17.0 Å². The summed E-state index contributed by atoms with van der Waals surface area (Å²) in [5.41, 5.74) is 3.71. The topological polar surface area (TPSA) is 32.8 Å². The van der Waals surface area contributed by atoms with Crippen LogP contribution in [0, 0.1) is 0 Å². The van der Waals surface area contributed by atoms with Crippen LogP contribution in [0.3, 0.4) is 0 Å². The van der Waals surface area contributed by atoms with Crippen molar-refractivity contribution in [3.8, 4) is 0 Å². The molecule has 0 bridgehead atoms. The third-order valence-electron chi connectivity index (χ3n) is 5.74. The second kappa shape index (κ2) is 7.24. The molecule has 4 rings (SSSR count). The van der Waals surface area contributed by atoms with Gasteiger partial charge in [0.15, 0.2) is 0 Å². The largest absolute Gasteiger partial charge is 0.377 e. The van der Waals surface area contributed by atoms with E-state index in [0.717, 1.165) is 51.3 Å². The fourth-order valence-corrected chi connectivity index (χ4v) is 4.26. The maximum atomic E-state index is 12.8. The molecule has 4 nitrogen and oxygen atoms in total. The maximum absolute atomic E-state index is 12.8. The van der Waals surface area contributed by atoms with Crippen LogP contribution >= 0.6 is 0 Å². The molecule has 1 amide bonds. The van der Waals surface area contributed by atoms with Crippen molar-refractivity contribution in [3.05, 3.63) is 34.9 Å². The molecular formula is C20H28N2O2. The quantitative estimate of drug-likeness (QED) is 0.855. The lowest BCUT2D eigenvalue weighted by Crippen LogP contribution is -2.50. The number of ether oxygens (including phenoxy) is 1. The highest BCUT2D eigenvalue weighted by Crippen LogP contribution is 2.23. The molecule has 1 unspecified atom stereocenters. The van der Waals surface area contributed by atoms with Crippen LogP contribution in [0.15, 0.2) is 18.2 Å². The van der Waals surface area contributed by atoms with Crippen LogP contribution in [0.2, 0.25) is 0 Å². The molecule has 3 aliphatic rings. The summed E-state index contributed by atoms with van der Waals surface area (Å²) in [5.74, 6) is 0.208.